The van der Waals surface area contributed by atoms with Gasteiger partial charge in [0, 0.05) is 6.42 Å². The molecule has 0 bridgehead atoms. The number of aromatic nitrogens is 4. The predicted molar refractivity (Wildman–Crippen MR) is 73.6 cm³/mol. The van der Waals surface area contributed by atoms with Gasteiger partial charge in [0.2, 0.25) is 5.88 Å². The fourth-order valence-corrected chi connectivity index (χ4v) is 2.42. The molecule has 21 heavy (non-hydrogen) atoms. The normalized spacial score (nSPS) is 25.4. The summed E-state index contributed by atoms with van der Waals surface area (Å²) < 4.78 is 12.4. The van der Waals surface area contributed by atoms with Gasteiger partial charge in [0.05, 0.1) is 26.1 Å². The molecular formula is C13H16N4O4. The van der Waals surface area contributed by atoms with Crippen molar-refractivity contribution in [2.75, 3.05) is 13.7 Å². The molecule has 2 aromatic heterocycles. The minimum atomic E-state index is -0.743. The number of aliphatic hydroxyl groups excluding tert-OH is 2. The second-order valence-electron chi connectivity index (χ2n) is 4.75. The summed E-state index contributed by atoms with van der Waals surface area (Å²) in [5.74, 6) is 0.729. The number of imidazole rings is 1. The summed E-state index contributed by atoms with van der Waals surface area (Å²) >= 11 is 0. The van der Waals surface area contributed by atoms with Gasteiger partial charge < -0.3 is 19.7 Å². The van der Waals surface area contributed by atoms with Crippen LogP contribution in [-0.2, 0) is 4.74 Å². The Balaban J connectivity index is 2.09. The summed E-state index contributed by atoms with van der Waals surface area (Å²) in [7, 11) is 1.50. The van der Waals surface area contributed by atoms with Crippen molar-refractivity contribution in [3.63, 3.8) is 0 Å². The van der Waals surface area contributed by atoms with Crippen molar-refractivity contribution in [3.8, 4) is 5.88 Å². The van der Waals surface area contributed by atoms with E-state index < -0.39 is 18.4 Å². The zero-order valence-corrected chi connectivity index (χ0v) is 11.5. The molecule has 1 aliphatic heterocycles. The number of rotatable bonds is 4. The highest BCUT2D eigenvalue weighted by Crippen LogP contribution is 2.32. The van der Waals surface area contributed by atoms with E-state index in [-0.39, 0.29) is 6.61 Å². The number of hydrogen-bond acceptors (Lipinski definition) is 7. The molecule has 0 amide bonds. The van der Waals surface area contributed by atoms with E-state index in [4.69, 9.17) is 14.6 Å². The highest BCUT2D eigenvalue weighted by atomic mass is 16.5. The minimum Gasteiger partial charge on any atom is -0.479 e. The van der Waals surface area contributed by atoms with Crippen molar-refractivity contribution in [2.24, 2.45) is 0 Å². The topological polar surface area (TPSA) is 103 Å². The van der Waals surface area contributed by atoms with Crippen LogP contribution in [0.2, 0.25) is 0 Å². The van der Waals surface area contributed by atoms with Crippen LogP contribution in [0.5, 0.6) is 5.88 Å². The first-order valence-electron chi connectivity index (χ1n) is 6.53. The Morgan fingerprint density at radius 1 is 1.57 bits per heavy atom. The lowest BCUT2D eigenvalue weighted by atomic mass is 10.2. The Hall–Kier alpha value is -2.03. The lowest BCUT2D eigenvalue weighted by Gasteiger charge is -2.16. The number of hydrogen-bond donors (Lipinski definition) is 2. The fourth-order valence-electron chi connectivity index (χ4n) is 2.42. The van der Waals surface area contributed by atoms with E-state index in [1.807, 2.05) is 0 Å². The van der Waals surface area contributed by atoms with Gasteiger partial charge in [0.25, 0.3) is 0 Å². The zero-order valence-electron chi connectivity index (χ0n) is 11.5. The van der Waals surface area contributed by atoms with Crippen LogP contribution < -0.4 is 4.74 Å². The first kappa shape index (κ1) is 13.9. The number of methoxy groups -OCH3 is 1. The quantitative estimate of drug-likeness (QED) is 0.825. The molecule has 3 atom stereocenters. The van der Waals surface area contributed by atoms with Gasteiger partial charge in [-0.2, -0.15) is 4.98 Å². The summed E-state index contributed by atoms with van der Waals surface area (Å²) in [4.78, 5) is 12.7. The van der Waals surface area contributed by atoms with E-state index in [1.54, 1.807) is 4.57 Å². The zero-order chi connectivity index (χ0) is 15.0. The van der Waals surface area contributed by atoms with E-state index in [9.17, 15) is 5.11 Å². The average molecular weight is 292 g/mol. The van der Waals surface area contributed by atoms with Crippen molar-refractivity contribution >= 4 is 17.2 Å². The van der Waals surface area contributed by atoms with E-state index in [0.717, 1.165) is 0 Å². The van der Waals surface area contributed by atoms with Gasteiger partial charge in [-0.05, 0) is 6.08 Å². The Bertz CT molecular complexity index is 671. The molecule has 1 fully saturated rings. The van der Waals surface area contributed by atoms with Gasteiger partial charge in [-0.15, -0.1) is 0 Å². The number of fused-ring (bicyclic) bond motifs is 1. The minimum absolute atomic E-state index is 0.142. The Morgan fingerprint density at radius 2 is 2.38 bits per heavy atom. The Kier molecular flexibility index (Phi) is 3.58. The predicted octanol–water partition coefficient (Wildman–Crippen LogP) is 0.119. The number of aliphatic hydroxyl groups is 2. The van der Waals surface area contributed by atoms with Crippen LogP contribution in [0.1, 0.15) is 18.5 Å². The van der Waals surface area contributed by atoms with Crippen molar-refractivity contribution in [2.45, 2.75) is 24.9 Å². The molecule has 0 spiro atoms. The molecule has 3 rings (SSSR count). The molecule has 0 radical (unpaired) electrons. The van der Waals surface area contributed by atoms with Gasteiger partial charge in [0.1, 0.15) is 6.10 Å². The highest BCUT2D eigenvalue weighted by Gasteiger charge is 2.36. The highest BCUT2D eigenvalue weighted by molar-refractivity contribution is 5.77. The largest absolute Gasteiger partial charge is 0.479 e. The van der Waals surface area contributed by atoms with E-state index >= 15 is 0 Å². The molecule has 1 aliphatic rings. The van der Waals surface area contributed by atoms with E-state index in [2.05, 4.69) is 21.5 Å². The first-order chi connectivity index (χ1) is 10.2. The maximum atomic E-state index is 10.1. The molecule has 2 N–H and O–H groups in total. The van der Waals surface area contributed by atoms with Gasteiger partial charge in [0.15, 0.2) is 23.2 Å². The van der Waals surface area contributed by atoms with Crippen LogP contribution in [0.25, 0.3) is 17.2 Å². The van der Waals surface area contributed by atoms with Crippen molar-refractivity contribution < 1.29 is 19.7 Å². The number of ether oxygens (including phenoxy) is 2. The third kappa shape index (κ3) is 2.27. The molecule has 1 saturated heterocycles. The van der Waals surface area contributed by atoms with Crippen LogP contribution in [-0.4, -0.2) is 55.7 Å². The van der Waals surface area contributed by atoms with Gasteiger partial charge in [-0.25, -0.2) is 9.97 Å². The van der Waals surface area contributed by atoms with Crippen LogP contribution in [0.15, 0.2) is 12.9 Å². The maximum Gasteiger partial charge on any atom is 0.245 e. The number of nitrogens with zero attached hydrogens (tertiary/aromatic N) is 4. The lowest BCUT2D eigenvalue weighted by Crippen LogP contribution is -2.19. The standard InChI is InChI=1S/C13H16N4O4/c1-3-9-15-11-10(12(16-9)20-2)14-6-17(11)13-8(19)4-7(5-18)21-13/h3,6-8,13,18-19H,1,4-5H2,2H3. The fraction of sp³-hybridized carbons (Fsp3) is 0.462. The monoisotopic (exact) mass is 292 g/mol. The Morgan fingerprint density at radius 3 is 3.00 bits per heavy atom. The second kappa shape index (κ2) is 5.40. The van der Waals surface area contributed by atoms with Crippen molar-refractivity contribution in [1.82, 2.24) is 19.5 Å². The second-order valence-corrected chi connectivity index (χ2v) is 4.75. The third-order valence-electron chi connectivity index (χ3n) is 3.43. The molecule has 0 aliphatic carbocycles. The molecule has 0 saturated carbocycles. The molecule has 8 heteroatoms. The van der Waals surface area contributed by atoms with Crippen LogP contribution in [0, 0.1) is 0 Å². The molecule has 0 aromatic carbocycles. The van der Waals surface area contributed by atoms with Crippen LogP contribution in [0.4, 0.5) is 0 Å². The molecule has 112 valence electrons. The van der Waals surface area contributed by atoms with E-state index in [0.29, 0.717) is 29.3 Å². The molecule has 3 heterocycles. The Labute approximate surface area is 120 Å². The van der Waals surface area contributed by atoms with E-state index in [1.165, 1.54) is 19.5 Å². The van der Waals surface area contributed by atoms with Crippen LogP contribution in [0.3, 0.4) is 0 Å². The molecule has 8 nitrogen and oxygen atoms in total. The molecule has 2 aromatic rings. The average Bonchev–Trinajstić information content (AvgIpc) is 3.08. The molecular weight excluding hydrogens is 276 g/mol. The third-order valence-corrected chi connectivity index (χ3v) is 3.43. The van der Waals surface area contributed by atoms with Crippen molar-refractivity contribution in [1.29, 1.82) is 0 Å². The molecule has 3 unspecified atom stereocenters. The summed E-state index contributed by atoms with van der Waals surface area (Å²) in [6.45, 7) is 3.50. The van der Waals surface area contributed by atoms with Gasteiger partial charge >= 0.3 is 0 Å². The maximum absolute atomic E-state index is 10.1. The van der Waals surface area contributed by atoms with Crippen molar-refractivity contribution in [3.05, 3.63) is 18.7 Å². The summed E-state index contributed by atoms with van der Waals surface area (Å²) in [6, 6.07) is 0. The smallest absolute Gasteiger partial charge is 0.245 e. The van der Waals surface area contributed by atoms with Gasteiger partial charge in [-0.3, -0.25) is 4.57 Å². The summed E-state index contributed by atoms with van der Waals surface area (Å²) in [5, 5.41) is 19.3. The lowest BCUT2D eigenvalue weighted by molar-refractivity contribution is -0.0486. The van der Waals surface area contributed by atoms with Crippen LogP contribution >= 0.6 is 0 Å². The first-order valence-corrected chi connectivity index (χ1v) is 6.53. The summed E-state index contributed by atoms with van der Waals surface area (Å²) in [5.41, 5.74) is 0.964. The summed E-state index contributed by atoms with van der Waals surface area (Å²) in [6.07, 6.45) is 1.59. The SMILES string of the molecule is C=Cc1nc(OC)c2ncn(C3OC(CO)CC3O)c2n1. The van der Waals surface area contributed by atoms with Gasteiger partial charge in [-0.1, -0.05) is 6.58 Å².